The SMILES string of the molecule is O=C(CCNS(=O)(=O)c1ccccc1Cl)Nc1ccc(N2CCCCC2)cn1. The van der Waals surface area contributed by atoms with Crippen molar-refractivity contribution in [1.29, 1.82) is 0 Å². The zero-order valence-electron chi connectivity index (χ0n) is 15.4. The van der Waals surface area contributed by atoms with Gasteiger partial charge in [-0.2, -0.15) is 0 Å². The van der Waals surface area contributed by atoms with Gasteiger partial charge in [0.25, 0.3) is 0 Å². The Balaban J connectivity index is 1.48. The van der Waals surface area contributed by atoms with Crippen LogP contribution in [0.25, 0.3) is 0 Å². The van der Waals surface area contributed by atoms with Crippen molar-refractivity contribution in [2.24, 2.45) is 0 Å². The lowest BCUT2D eigenvalue weighted by molar-refractivity contribution is -0.116. The molecule has 1 aliphatic heterocycles. The molecule has 7 nitrogen and oxygen atoms in total. The third-order valence-corrected chi connectivity index (χ3v) is 6.47. The van der Waals surface area contributed by atoms with Crippen LogP contribution in [0, 0.1) is 0 Å². The van der Waals surface area contributed by atoms with E-state index in [2.05, 4.69) is 19.9 Å². The number of pyridine rings is 1. The summed E-state index contributed by atoms with van der Waals surface area (Å²) >= 11 is 5.92. The normalized spacial score (nSPS) is 14.7. The zero-order chi connectivity index (χ0) is 20.0. The molecule has 2 N–H and O–H groups in total. The van der Waals surface area contributed by atoms with E-state index in [4.69, 9.17) is 11.6 Å². The number of anilines is 2. The van der Waals surface area contributed by atoms with Crippen LogP contribution >= 0.6 is 11.6 Å². The number of sulfonamides is 1. The van der Waals surface area contributed by atoms with Gasteiger partial charge in [-0.25, -0.2) is 18.1 Å². The highest BCUT2D eigenvalue weighted by atomic mass is 35.5. The predicted molar refractivity (Wildman–Crippen MR) is 110 cm³/mol. The minimum absolute atomic E-state index is 0.00737. The van der Waals surface area contributed by atoms with Crippen molar-refractivity contribution in [3.05, 3.63) is 47.6 Å². The molecule has 28 heavy (non-hydrogen) atoms. The number of carbonyl (C=O) groups is 1. The lowest BCUT2D eigenvalue weighted by Crippen LogP contribution is -2.29. The van der Waals surface area contributed by atoms with E-state index in [1.807, 2.05) is 6.07 Å². The smallest absolute Gasteiger partial charge is 0.242 e. The highest BCUT2D eigenvalue weighted by molar-refractivity contribution is 7.89. The first-order valence-corrected chi connectivity index (χ1v) is 11.1. The van der Waals surface area contributed by atoms with Crippen LogP contribution in [0.4, 0.5) is 11.5 Å². The monoisotopic (exact) mass is 422 g/mol. The summed E-state index contributed by atoms with van der Waals surface area (Å²) in [5.41, 5.74) is 1.05. The molecule has 0 spiro atoms. The highest BCUT2D eigenvalue weighted by Crippen LogP contribution is 2.21. The molecule has 9 heteroatoms. The second-order valence-electron chi connectivity index (χ2n) is 6.58. The van der Waals surface area contributed by atoms with Crippen molar-refractivity contribution < 1.29 is 13.2 Å². The van der Waals surface area contributed by atoms with Crippen LogP contribution in [-0.4, -0.2) is 38.9 Å². The van der Waals surface area contributed by atoms with Gasteiger partial charge in [-0.3, -0.25) is 4.79 Å². The minimum Gasteiger partial charge on any atom is -0.370 e. The van der Waals surface area contributed by atoms with E-state index in [1.165, 1.54) is 31.4 Å². The highest BCUT2D eigenvalue weighted by Gasteiger charge is 2.17. The molecule has 1 aliphatic rings. The molecule has 1 fully saturated rings. The summed E-state index contributed by atoms with van der Waals surface area (Å²) in [6.07, 6.45) is 5.36. The summed E-state index contributed by atoms with van der Waals surface area (Å²) in [4.78, 5) is 18.6. The minimum atomic E-state index is -3.76. The van der Waals surface area contributed by atoms with E-state index in [1.54, 1.807) is 24.4 Å². The Labute approximate surface area is 170 Å². The van der Waals surface area contributed by atoms with Gasteiger partial charge in [-0.05, 0) is 43.5 Å². The lowest BCUT2D eigenvalue weighted by Gasteiger charge is -2.28. The summed E-state index contributed by atoms with van der Waals surface area (Å²) in [6.45, 7) is 2.02. The predicted octanol–water partition coefficient (Wildman–Crippen LogP) is 3.03. The lowest BCUT2D eigenvalue weighted by atomic mass is 10.1. The van der Waals surface area contributed by atoms with E-state index >= 15 is 0 Å². The number of halogens is 1. The fourth-order valence-corrected chi connectivity index (χ4v) is 4.59. The summed E-state index contributed by atoms with van der Waals surface area (Å²) < 4.78 is 26.9. The molecule has 2 heterocycles. The average molecular weight is 423 g/mol. The van der Waals surface area contributed by atoms with E-state index < -0.39 is 10.0 Å². The van der Waals surface area contributed by atoms with Crippen molar-refractivity contribution in [1.82, 2.24) is 9.71 Å². The van der Waals surface area contributed by atoms with Gasteiger partial charge in [0.05, 0.1) is 16.9 Å². The first-order valence-electron chi connectivity index (χ1n) is 9.21. The first kappa shape index (κ1) is 20.6. The molecule has 0 aliphatic carbocycles. The standard InChI is InChI=1S/C19H23ClN4O3S/c20-16-6-2-3-7-17(16)28(26,27)22-11-10-19(25)23-18-9-8-15(14-21-18)24-12-4-1-5-13-24/h2-3,6-9,14,22H,1,4-5,10-13H2,(H,21,23,25). The van der Waals surface area contributed by atoms with Crippen LogP contribution in [0.1, 0.15) is 25.7 Å². The van der Waals surface area contributed by atoms with Crippen LogP contribution < -0.4 is 14.9 Å². The quantitative estimate of drug-likeness (QED) is 0.715. The maximum atomic E-state index is 12.2. The molecular weight excluding hydrogens is 400 g/mol. The Morgan fingerprint density at radius 1 is 1.11 bits per heavy atom. The third-order valence-electron chi connectivity index (χ3n) is 4.51. The van der Waals surface area contributed by atoms with E-state index in [9.17, 15) is 13.2 Å². The van der Waals surface area contributed by atoms with Crippen molar-refractivity contribution in [2.75, 3.05) is 29.9 Å². The van der Waals surface area contributed by atoms with Crippen molar-refractivity contribution in [3.8, 4) is 0 Å². The van der Waals surface area contributed by atoms with Crippen molar-refractivity contribution in [2.45, 2.75) is 30.6 Å². The number of aromatic nitrogens is 1. The summed E-state index contributed by atoms with van der Waals surface area (Å²) in [5.74, 6) is 0.125. The van der Waals surface area contributed by atoms with Gasteiger partial charge in [0.15, 0.2) is 0 Å². The Bertz CT molecular complexity index is 913. The number of benzene rings is 1. The number of nitrogens with one attached hydrogen (secondary N) is 2. The first-order chi connectivity index (χ1) is 13.5. The topological polar surface area (TPSA) is 91.4 Å². The molecule has 0 atom stereocenters. The Morgan fingerprint density at radius 2 is 1.86 bits per heavy atom. The number of carbonyl (C=O) groups excluding carboxylic acids is 1. The van der Waals surface area contributed by atoms with Gasteiger partial charge < -0.3 is 10.2 Å². The molecule has 0 bridgehead atoms. The zero-order valence-corrected chi connectivity index (χ0v) is 17.0. The maximum Gasteiger partial charge on any atom is 0.242 e. The van der Waals surface area contributed by atoms with Crippen molar-refractivity contribution in [3.63, 3.8) is 0 Å². The molecule has 1 saturated heterocycles. The number of amides is 1. The molecule has 0 radical (unpaired) electrons. The molecule has 0 saturated carbocycles. The van der Waals surface area contributed by atoms with Crippen LogP contribution in [0.2, 0.25) is 5.02 Å². The third kappa shape index (κ3) is 5.43. The molecule has 3 rings (SSSR count). The van der Waals surface area contributed by atoms with Gasteiger partial charge in [-0.15, -0.1) is 0 Å². The van der Waals surface area contributed by atoms with Gasteiger partial charge in [0, 0.05) is 26.1 Å². The average Bonchev–Trinajstić information content (AvgIpc) is 2.69. The van der Waals surface area contributed by atoms with E-state index in [0.717, 1.165) is 18.8 Å². The van der Waals surface area contributed by atoms with Crippen LogP contribution in [0.5, 0.6) is 0 Å². The second kappa shape index (κ2) is 9.36. The Morgan fingerprint density at radius 3 is 2.54 bits per heavy atom. The number of rotatable bonds is 7. The van der Waals surface area contributed by atoms with Crippen LogP contribution in [-0.2, 0) is 14.8 Å². The Hall–Kier alpha value is -2.16. The molecule has 1 amide bonds. The van der Waals surface area contributed by atoms with Gasteiger partial charge in [0.1, 0.15) is 10.7 Å². The van der Waals surface area contributed by atoms with Gasteiger partial charge in [-0.1, -0.05) is 23.7 Å². The number of nitrogens with zero attached hydrogens (tertiary/aromatic N) is 2. The fraction of sp³-hybridized carbons (Fsp3) is 0.368. The maximum absolute atomic E-state index is 12.2. The molecule has 1 aromatic heterocycles. The van der Waals surface area contributed by atoms with Crippen molar-refractivity contribution >= 4 is 39.0 Å². The molecule has 0 unspecified atom stereocenters. The van der Waals surface area contributed by atoms with E-state index in [0.29, 0.717) is 5.82 Å². The second-order valence-corrected chi connectivity index (χ2v) is 8.72. The molecule has 1 aromatic carbocycles. The fourth-order valence-electron chi connectivity index (χ4n) is 3.04. The van der Waals surface area contributed by atoms with Crippen LogP contribution in [0.15, 0.2) is 47.5 Å². The number of hydrogen-bond donors (Lipinski definition) is 2. The largest absolute Gasteiger partial charge is 0.370 e. The number of hydrogen-bond acceptors (Lipinski definition) is 5. The molecule has 2 aromatic rings. The molecular formula is C19H23ClN4O3S. The summed E-state index contributed by atoms with van der Waals surface area (Å²) in [5, 5.41) is 2.82. The van der Waals surface area contributed by atoms with Gasteiger partial charge >= 0.3 is 0 Å². The van der Waals surface area contributed by atoms with Gasteiger partial charge in [0.2, 0.25) is 15.9 Å². The Kier molecular flexibility index (Phi) is 6.88. The van der Waals surface area contributed by atoms with Crippen LogP contribution in [0.3, 0.4) is 0 Å². The summed E-state index contributed by atoms with van der Waals surface area (Å²) in [7, 11) is -3.76. The number of piperidine rings is 1. The molecule has 150 valence electrons. The summed E-state index contributed by atoms with van der Waals surface area (Å²) in [6, 6.07) is 9.86. The van der Waals surface area contributed by atoms with E-state index in [-0.39, 0.29) is 28.8 Å².